The number of fused-ring (bicyclic) bond motifs is 5. The average Bonchev–Trinajstić information content (AvgIpc) is 3.54. The van der Waals surface area contributed by atoms with E-state index in [4.69, 9.17) is 4.74 Å². The third kappa shape index (κ3) is 5.56. The molecule has 0 saturated heterocycles. The van der Waals surface area contributed by atoms with Crippen molar-refractivity contribution in [2.24, 2.45) is 0 Å². The molecule has 0 N–H and O–H groups in total. The largest absolute Gasteiger partial charge is 0.457 e. The van der Waals surface area contributed by atoms with Crippen LogP contribution in [0.5, 0.6) is 11.5 Å². The fraction of sp³-hybridized carbons (Fsp3) is 0.0690. The molecule has 0 unspecified atom stereocenters. The van der Waals surface area contributed by atoms with Gasteiger partial charge in [-0.25, -0.2) is 0 Å². The molecule has 60 heavy (non-hydrogen) atoms. The summed E-state index contributed by atoms with van der Waals surface area (Å²) in [7, 11) is 0. The summed E-state index contributed by atoms with van der Waals surface area (Å²) in [4.78, 5) is 2.48. The summed E-state index contributed by atoms with van der Waals surface area (Å²) in [5.41, 5.74) is 17.0. The van der Waals surface area contributed by atoms with Crippen LogP contribution in [0.15, 0.2) is 224 Å². The molecule has 0 saturated carbocycles. The third-order valence-corrected chi connectivity index (χ3v) is 12.8. The molecule has 1 aliphatic heterocycles. The van der Waals surface area contributed by atoms with Gasteiger partial charge in [0, 0.05) is 33.5 Å². The third-order valence-electron chi connectivity index (χ3n) is 12.8. The highest BCUT2D eigenvalue weighted by Gasteiger charge is 2.45. The number of ether oxygens (including phenoxy) is 1. The van der Waals surface area contributed by atoms with E-state index in [-0.39, 0.29) is 5.41 Å². The Morgan fingerprint density at radius 2 is 0.900 bits per heavy atom. The lowest BCUT2D eigenvalue weighted by atomic mass is 9.63. The Morgan fingerprint density at radius 1 is 0.350 bits per heavy atom. The molecule has 11 rings (SSSR count). The molecule has 0 radical (unpaired) electrons. The molecule has 2 heteroatoms. The van der Waals surface area contributed by atoms with Crippen molar-refractivity contribution in [3.05, 3.63) is 258 Å². The number of benzene rings is 9. The minimum atomic E-state index is -0.657. The Balaban J connectivity index is 1.20. The highest BCUT2D eigenvalue weighted by molar-refractivity contribution is 5.92. The van der Waals surface area contributed by atoms with Crippen molar-refractivity contribution in [2.75, 3.05) is 4.90 Å². The standard InChI is InChI=1S/C58H43NO/c1-57(2)50-28-13-12-27-47(50)48-35-34-46(39-53(48)57)59(54-36-33-42(40-19-6-3-7-20-40)37-49(54)41-21-8-4-9-22-41)45-26-18-25-44(38-45)58(43-23-10-5-11-24-43)51-29-14-16-31-55(51)60-56-32-17-15-30-52(56)58/h3-39H,1-2H3. The molecule has 0 aromatic heterocycles. The Kier molecular flexibility index (Phi) is 8.42. The first-order valence-electron chi connectivity index (χ1n) is 20.8. The fourth-order valence-corrected chi connectivity index (χ4v) is 10.00. The molecule has 1 heterocycles. The van der Waals surface area contributed by atoms with Crippen molar-refractivity contribution in [1.82, 2.24) is 0 Å². The van der Waals surface area contributed by atoms with Crippen molar-refractivity contribution in [2.45, 2.75) is 24.7 Å². The highest BCUT2D eigenvalue weighted by atomic mass is 16.5. The van der Waals surface area contributed by atoms with Crippen molar-refractivity contribution in [3.63, 3.8) is 0 Å². The fourth-order valence-electron chi connectivity index (χ4n) is 10.00. The van der Waals surface area contributed by atoms with Gasteiger partial charge in [-0.1, -0.05) is 190 Å². The second kappa shape index (κ2) is 14.1. The molecular weight excluding hydrogens is 727 g/mol. The van der Waals surface area contributed by atoms with E-state index in [1.54, 1.807) is 0 Å². The summed E-state index contributed by atoms with van der Waals surface area (Å²) in [5, 5.41) is 0. The molecule has 0 bridgehead atoms. The van der Waals surface area contributed by atoms with Gasteiger partial charge < -0.3 is 9.64 Å². The minimum Gasteiger partial charge on any atom is -0.457 e. The summed E-state index contributed by atoms with van der Waals surface area (Å²) in [6.45, 7) is 4.72. The quantitative estimate of drug-likeness (QED) is 0.160. The van der Waals surface area contributed by atoms with E-state index in [1.165, 1.54) is 38.9 Å². The van der Waals surface area contributed by atoms with Gasteiger partial charge in [0.15, 0.2) is 0 Å². The van der Waals surface area contributed by atoms with Crippen LogP contribution in [0.4, 0.5) is 17.1 Å². The Hall–Kier alpha value is -7.42. The van der Waals surface area contributed by atoms with Crippen molar-refractivity contribution in [3.8, 4) is 44.9 Å². The first-order valence-corrected chi connectivity index (χ1v) is 20.8. The maximum atomic E-state index is 6.68. The lowest BCUT2D eigenvalue weighted by molar-refractivity contribution is 0.434. The van der Waals surface area contributed by atoms with Gasteiger partial charge in [0.1, 0.15) is 11.5 Å². The monoisotopic (exact) mass is 769 g/mol. The van der Waals surface area contributed by atoms with Crippen LogP contribution in [0.1, 0.15) is 47.2 Å². The van der Waals surface area contributed by atoms with Crippen LogP contribution in [0.3, 0.4) is 0 Å². The molecule has 0 spiro atoms. The van der Waals surface area contributed by atoms with Crippen LogP contribution in [0.2, 0.25) is 0 Å². The van der Waals surface area contributed by atoms with E-state index in [9.17, 15) is 0 Å². The number of hydrogen-bond acceptors (Lipinski definition) is 2. The smallest absolute Gasteiger partial charge is 0.132 e. The number of para-hydroxylation sites is 2. The van der Waals surface area contributed by atoms with Gasteiger partial charge in [-0.15, -0.1) is 0 Å². The molecule has 1 aliphatic carbocycles. The molecule has 2 aliphatic rings. The highest BCUT2D eigenvalue weighted by Crippen LogP contribution is 2.57. The molecule has 0 atom stereocenters. The Bertz CT molecular complexity index is 2990. The first-order chi connectivity index (χ1) is 29.5. The van der Waals surface area contributed by atoms with Gasteiger partial charge in [0.05, 0.1) is 11.1 Å². The van der Waals surface area contributed by atoms with Crippen molar-refractivity contribution < 1.29 is 4.74 Å². The van der Waals surface area contributed by atoms with Gasteiger partial charge in [0.25, 0.3) is 0 Å². The van der Waals surface area contributed by atoms with Gasteiger partial charge >= 0.3 is 0 Å². The molecule has 0 amide bonds. The Labute approximate surface area is 352 Å². The van der Waals surface area contributed by atoms with E-state index >= 15 is 0 Å². The second-order valence-electron chi connectivity index (χ2n) is 16.5. The zero-order chi connectivity index (χ0) is 40.3. The molecule has 0 fully saturated rings. The number of nitrogens with zero attached hydrogens (tertiary/aromatic N) is 1. The summed E-state index contributed by atoms with van der Waals surface area (Å²) in [6, 6.07) is 81.7. The normalized spacial score (nSPS) is 13.9. The average molecular weight is 770 g/mol. The van der Waals surface area contributed by atoms with Gasteiger partial charge in [-0.3, -0.25) is 0 Å². The first kappa shape index (κ1) is 35.7. The molecule has 9 aromatic carbocycles. The zero-order valence-electron chi connectivity index (χ0n) is 33.7. The van der Waals surface area contributed by atoms with E-state index < -0.39 is 5.41 Å². The van der Waals surface area contributed by atoms with E-state index in [2.05, 4.69) is 243 Å². The van der Waals surface area contributed by atoms with Crippen molar-refractivity contribution in [1.29, 1.82) is 0 Å². The summed E-state index contributed by atoms with van der Waals surface area (Å²) in [6.07, 6.45) is 0. The van der Waals surface area contributed by atoms with E-state index in [0.29, 0.717) is 0 Å². The molecular formula is C58H43NO. The number of rotatable bonds is 7. The summed E-state index contributed by atoms with van der Waals surface area (Å²) < 4.78 is 6.68. The SMILES string of the molecule is CC1(C)c2ccccc2-c2ccc(N(c3cccc(C4(c5ccccc5)c5ccccc5Oc5ccccc54)c3)c3ccc(-c4ccccc4)cc3-c3ccccc3)cc21. The van der Waals surface area contributed by atoms with Crippen LogP contribution in [-0.2, 0) is 10.8 Å². The molecule has 286 valence electrons. The minimum absolute atomic E-state index is 0.165. The van der Waals surface area contributed by atoms with Crippen molar-refractivity contribution >= 4 is 17.1 Å². The van der Waals surface area contributed by atoms with Crippen LogP contribution >= 0.6 is 0 Å². The van der Waals surface area contributed by atoms with Gasteiger partial charge in [-0.05, 0) is 98.6 Å². The molecule has 2 nitrogen and oxygen atoms in total. The zero-order valence-corrected chi connectivity index (χ0v) is 33.7. The predicted molar refractivity (Wildman–Crippen MR) is 248 cm³/mol. The van der Waals surface area contributed by atoms with E-state index in [0.717, 1.165) is 56.4 Å². The number of anilines is 3. The second-order valence-corrected chi connectivity index (χ2v) is 16.5. The van der Waals surface area contributed by atoms with Crippen LogP contribution in [0, 0.1) is 0 Å². The maximum absolute atomic E-state index is 6.68. The topological polar surface area (TPSA) is 12.5 Å². The molecule has 9 aromatic rings. The number of hydrogen-bond donors (Lipinski definition) is 0. The lowest BCUT2D eigenvalue weighted by Crippen LogP contribution is -2.34. The van der Waals surface area contributed by atoms with Gasteiger partial charge in [-0.2, -0.15) is 0 Å². The lowest BCUT2D eigenvalue weighted by Gasteiger charge is -2.42. The predicted octanol–water partition coefficient (Wildman–Crippen LogP) is 15.3. The van der Waals surface area contributed by atoms with Crippen LogP contribution in [0.25, 0.3) is 33.4 Å². The van der Waals surface area contributed by atoms with Crippen LogP contribution in [-0.4, -0.2) is 0 Å². The van der Waals surface area contributed by atoms with E-state index in [1.807, 2.05) is 0 Å². The maximum Gasteiger partial charge on any atom is 0.132 e. The Morgan fingerprint density at radius 3 is 1.60 bits per heavy atom. The summed E-state index contributed by atoms with van der Waals surface area (Å²) >= 11 is 0. The van der Waals surface area contributed by atoms with Gasteiger partial charge in [0.2, 0.25) is 0 Å². The summed E-state index contributed by atoms with van der Waals surface area (Å²) in [5.74, 6) is 1.73. The van der Waals surface area contributed by atoms with Crippen LogP contribution < -0.4 is 9.64 Å².